The number of nitrogens with one attached hydrogen (secondary N) is 2. The van der Waals surface area contributed by atoms with Crippen molar-refractivity contribution in [2.45, 2.75) is 31.2 Å². The highest BCUT2D eigenvalue weighted by Crippen LogP contribution is 2.45. The lowest BCUT2D eigenvalue weighted by molar-refractivity contribution is -0.173. The highest BCUT2D eigenvalue weighted by Gasteiger charge is 2.47. The zero-order valence-corrected chi connectivity index (χ0v) is 19.1. The number of methoxy groups -OCH3 is 2. The molecule has 0 unspecified atom stereocenters. The molecule has 11 heteroatoms. The molecule has 1 aliphatic rings. The second kappa shape index (κ2) is 9.46. The number of nitrogens with zero attached hydrogens (tertiary/aromatic N) is 2. The normalized spacial score (nSPS) is 17.5. The van der Waals surface area contributed by atoms with Gasteiger partial charge in [-0.2, -0.15) is 18.3 Å². The number of carbonyl (C=O) groups excluding carboxylic acids is 1. The summed E-state index contributed by atoms with van der Waals surface area (Å²) in [5, 5.41) is 10.1. The largest absolute Gasteiger partial charge is 0.493 e. The highest BCUT2D eigenvalue weighted by atomic mass is 35.5. The molecule has 2 N–H and O–H groups in total. The monoisotopic (exact) mass is 494 g/mol. The molecule has 34 heavy (non-hydrogen) atoms. The van der Waals surface area contributed by atoms with Crippen molar-refractivity contribution in [3.05, 3.63) is 70.4 Å². The Hall–Kier alpha value is -3.40. The third kappa shape index (κ3) is 4.63. The summed E-state index contributed by atoms with van der Waals surface area (Å²) in [6.07, 6.45) is -3.74. The van der Waals surface area contributed by atoms with Crippen LogP contribution in [-0.4, -0.2) is 36.1 Å². The molecule has 0 saturated carbocycles. The van der Waals surface area contributed by atoms with Gasteiger partial charge in [0.2, 0.25) is 0 Å². The Kier molecular flexibility index (Phi) is 6.60. The van der Waals surface area contributed by atoms with Crippen LogP contribution in [0.15, 0.2) is 48.7 Å². The molecule has 2 heterocycles. The van der Waals surface area contributed by atoms with Gasteiger partial charge in [-0.15, -0.1) is 0 Å². The minimum absolute atomic E-state index is 0.00600. The van der Waals surface area contributed by atoms with Crippen LogP contribution in [0.5, 0.6) is 11.5 Å². The fourth-order valence-corrected chi connectivity index (χ4v) is 4.13. The summed E-state index contributed by atoms with van der Waals surface area (Å²) in [7, 11) is 2.92. The number of rotatable bonds is 6. The van der Waals surface area contributed by atoms with Crippen LogP contribution in [0.1, 0.15) is 40.0 Å². The van der Waals surface area contributed by atoms with Crippen molar-refractivity contribution in [3.8, 4) is 11.5 Å². The molecule has 0 bridgehead atoms. The lowest BCUT2D eigenvalue weighted by Gasteiger charge is -2.34. The number of halogens is 4. The van der Waals surface area contributed by atoms with Crippen LogP contribution in [0.25, 0.3) is 0 Å². The molecule has 1 aromatic heterocycles. The predicted octanol–water partition coefficient (Wildman–Crippen LogP) is 5.14. The molecule has 0 spiro atoms. The van der Waals surface area contributed by atoms with E-state index in [1.807, 2.05) is 0 Å². The van der Waals surface area contributed by atoms with Gasteiger partial charge in [0, 0.05) is 18.0 Å². The van der Waals surface area contributed by atoms with Gasteiger partial charge in [-0.3, -0.25) is 4.79 Å². The Morgan fingerprint density at radius 1 is 1.21 bits per heavy atom. The molecular formula is C23H22ClF3N4O3. The first-order valence-corrected chi connectivity index (χ1v) is 10.7. The van der Waals surface area contributed by atoms with E-state index in [9.17, 15) is 18.0 Å². The first kappa shape index (κ1) is 23.7. The summed E-state index contributed by atoms with van der Waals surface area (Å²) in [6.45, 7) is 0.116. The fraction of sp³-hybridized carbons (Fsp3) is 0.304. The van der Waals surface area contributed by atoms with Crippen LogP contribution in [0, 0.1) is 0 Å². The maximum absolute atomic E-state index is 13.9. The summed E-state index contributed by atoms with van der Waals surface area (Å²) in [6, 6.07) is 9.23. The van der Waals surface area contributed by atoms with E-state index >= 15 is 0 Å². The van der Waals surface area contributed by atoms with Gasteiger partial charge >= 0.3 is 6.18 Å². The first-order valence-electron chi connectivity index (χ1n) is 10.4. The zero-order valence-electron chi connectivity index (χ0n) is 18.3. The van der Waals surface area contributed by atoms with Crippen LogP contribution in [-0.2, 0) is 6.54 Å². The molecule has 0 radical (unpaired) electrons. The maximum Gasteiger partial charge on any atom is 0.410 e. The lowest BCUT2D eigenvalue weighted by Crippen LogP contribution is -2.36. The Labute approximate surface area is 198 Å². The summed E-state index contributed by atoms with van der Waals surface area (Å²) in [5.74, 6) is 0.272. The number of carbonyl (C=O) groups is 1. The van der Waals surface area contributed by atoms with E-state index < -0.39 is 24.2 Å². The van der Waals surface area contributed by atoms with Crippen molar-refractivity contribution in [1.29, 1.82) is 0 Å². The van der Waals surface area contributed by atoms with Crippen molar-refractivity contribution in [3.63, 3.8) is 0 Å². The molecule has 180 valence electrons. The highest BCUT2D eigenvalue weighted by molar-refractivity contribution is 6.31. The minimum Gasteiger partial charge on any atom is -0.493 e. The predicted molar refractivity (Wildman–Crippen MR) is 120 cm³/mol. The Morgan fingerprint density at radius 3 is 2.62 bits per heavy atom. The molecule has 0 saturated heterocycles. The van der Waals surface area contributed by atoms with E-state index in [0.29, 0.717) is 27.6 Å². The molecule has 0 aliphatic carbocycles. The lowest BCUT2D eigenvalue weighted by atomic mass is 9.96. The summed E-state index contributed by atoms with van der Waals surface area (Å²) in [4.78, 5) is 12.9. The Balaban J connectivity index is 1.64. The van der Waals surface area contributed by atoms with Crippen molar-refractivity contribution in [2.75, 3.05) is 19.5 Å². The number of hydrogen-bond acceptors (Lipinski definition) is 5. The number of anilines is 1. The number of ether oxygens (including phenoxy) is 2. The first-order chi connectivity index (χ1) is 16.2. The van der Waals surface area contributed by atoms with E-state index in [0.717, 1.165) is 10.9 Å². The number of hydrogen-bond donors (Lipinski definition) is 2. The molecule has 3 aromatic rings. The van der Waals surface area contributed by atoms with E-state index in [1.54, 1.807) is 42.5 Å². The van der Waals surface area contributed by atoms with Gasteiger partial charge < -0.3 is 20.1 Å². The third-order valence-electron chi connectivity index (χ3n) is 5.69. The van der Waals surface area contributed by atoms with Crippen LogP contribution in [0.3, 0.4) is 0 Å². The maximum atomic E-state index is 13.9. The van der Waals surface area contributed by atoms with Gasteiger partial charge in [-0.1, -0.05) is 35.9 Å². The van der Waals surface area contributed by atoms with Gasteiger partial charge in [-0.05, 0) is 29.3 Å². The number of aromatic nitrogens is 2. The molecule has 1 amide bonds. The summed E-state index contributed by atoms with van der Waals surface area (Å²) < 4.78 is 53.2. The van der Waals surface area contributed by atoms with Crippen molar-refractivity contribution < 1.29 is 27.4 Å². The van der Waals surface area contributed by atoms with E-state index in [1.165, 1.54) is 14.2 Å². The quantitative estimate of drug-likeness (QED) is 0.496. The smallest absolute Gasteiger partial charge is 0.410 e. The topological polar surface area (TPSA) is 77.4 Å². The second-order valence-electron chi connectivity index (χ2n) is 7.73. The molecule has 1 aliphatic heterocycles. The molecule has 0 fully saturated rings. The summed E-state index contributed by atoms with van der Waals surface area (Å²) in [5.41, 5.74) is 1.25. The van der Waals surface area contributed by atoms with Crippen LogP contribution in [0.2, 0.25) is 5.02 Å². The van der Waals surface area contributed by atoms with Gasteiger partial charge in [-0.25, -0.2) is 4.68 Å². The van der Waals surface area contributed by atoms with Gasteiger partial charge in [0.05, 0.1) is 26.5 Å². The van der Waals surface area contributed by atoms with E-state index in [2.05, 4.69) is 15.7 Å². The third-order valence-corrected chi connectivity index (χ3v) is 6.06. The standard InChI is InChI=1S/C23H22ClF3N4O3/c1-33-18-8-7-13(9-19(18)34-2)17-10-20(23(25,26)27)31-21(30-17)15(12-29-31)22(32)28-11-14-5-3-4-6-16(14)24/h3-9,12,17,20,30H,10-11H2,1-2H3,(H,28,32)/t17-,20+/m0/s1. The molecule has 7 nitrogen and oxygen atoms in total. The number of benzene rings is 2. The van der Waals surface area contributed by atoms with Crippen LogP contribution in [0.4, 0.5) is 19.0 Å². The molecule has 4 rings (SSSR count). The van der Waals surface area contributed by atoms with E-state index in [-0.39, 0.29) is 24.3 Å². The number of alkyl halides is 3. The summed E-state index contributed by atoms with van der Waals surface area (Å²) >= 11 is 6.13. The number of amides is 1. The zero-order chi connectivity index (χ0) is 24.5. The Morgan fingerprint density at radius 2 is 1.94 bits per heavy atom. The average Bonchev–Trinajstić information content (AvgIpc) is 3.25. The average molecular weight is 495 g/mol. The van der Waals surface area contributed by atoms with Gasteiger partial charge in [0.15, 0.2) is 17.5 Å². The second-order valence-corrected chi connectivity index (χ2v) is 8.14. The van der Waals surface area contributed by atoms with Gasteiger partial charge in [0.1, 0.15) is 11.4 Å². The Bertz CT molecular complexity index is 1200. The minimum atomic E-state index is -4.57. The van der Waals surface area contributed by atoms with Crippen molar-refractivity contribution >= 4 is 23.3 Å². The molecular weight excluding hydrogens is 473 g/mol. The molecule has 2 aromatic carbocycles. The molecule has 2 atom stereocenters. The van der Waals surface area contributed by atoms with E-state index in [4.69, 9.17) is 21.1 Å². The van der Waals surface area contributed by atoms with Crippen molar-refractivity contribution in [2.24, 2.45) is 0 Å². The van der Waals surface area contributed by atoms with Crippen molar-refractivity contribution in [1.82, 2.24) is 15.1 Å². The number of fused-ring (bicyclic) bond motifs is 1. The SMILES string of the molecule is COc1ccc([C@@H]2C[C@H](C(F)(F)F)n3ncc(C(=O)NCc4ccccc4Cl)c3N2)cc1OC. The van der Waals surface area contributed by atoms with Crippen LogP contribution < -0.4 is 20.1 Å². The van der Waals surface area contributed by atoms with Crippen LogP contribution >= 0.6 is 11.6 Å². The fourth-order valence-electron chi connectivity index (χ4n) is 3.93. The van der Waals surface area contributed by atoms with Gasteiger partial charge in [0.25, 0.3) is 5.91 Å².